The van der Waals surface area contributed by atoms with Crippen LogP contribution >= 0.6 is 55.2 Å². The number of aliphatic imine (C=N–C) groups is 1. The fourth-order valence-electron chi connectivity index (χ4n) is 1.97. The second kappa shape index (κ2) is 7.31. The van der Waals surface area contributed by atoms with Gasteiger partial charge in [0, 0.05) is 10.0 Å². The van der Waals surface area contributed by atoms with E-state index in [9.17, 15) is 9.90 Å². The highest BCUT2D eigenvalue weighted by Gasteiger charge is 2.24. The van der Waals surface area contributed by atoms with E-state index in [0.717, 1.165) is 4.47 Å². The molecule has 122 valence electrons. The number of phenolic OH excluding ortho intramolecular Hbond substituents is 1. The number of carbonyl (C=O) groups is 1. The number of rotatable bonds is 2. The third kappa shape index (κ3) is 3.85. The van der Waals surface area contributed by atoms with Crippen LogP contribution in [0.1, 0.15) is 5.56 Å². The molecule has 3 rings (SSSR count). The van der Waals surface area contributed by atoms with E-state index in [2.05, 4.69) is 42.2 Å². The van der Waals surface area contributed by atoms with Crippen LogP contribution in [0.4, 0.5) is 5.69 Å². The lowest BCUT2D eigenvalue weighted by molar-refractivity contribution is -0.115. The van der Waals surface area contributed by atoms with Crippen molar-refractivity contribution in [2.45, 2.75) is 0 Å². The molecular formula is C16H9Br2ClN2O2S. The molecule has 1 aliphatic rings. The predicted octanol–water partition coefficient (Wildman–Crippen LogP) is 5.46. The molecule has 0 atom stereocenters. The minimum Gasteiger partial charge on any atom is -0.506 e. The van der Waals surface area contributed by atoms with Crippen LogP contribution in [0.5, 0.6) is 5.75 Å². The average Bonchev–Trinajstić information content (AvgIpc) is 2.86. The molecule has 8 heteroatoms. The number of nitrogens with one attached hydrogen (secondary N) is 1. The van der Waals surface area contributed by atoms with Crippen molar-refractivity contribution in [1.82, 2.24) is 5.32 Å². The van der Waals surface area contributed by atoms with Crippen LogP contribution in [0.15, 0.2) is 55.2 Å². The molecule has 0 saturated carbocycles. The Bertz CT molecular complexity index is 900. The number of hydrogen-bond acceptors (Lipinski definition) is 4. The number of aromatic hydroxyl groups is 1. The first-order valence-electron chi connectivity index (χ1n) is 6.66. The van der Waals surface area contributed by atoms with Crippen LogP contribution < -0.4 is 5.32 Å². The third-order valence-electron chi connectivity index (χ3n) is 3.07. The number of benzene rings is 2. The number of carbonyl (C=O) groups excluding carboxylic acids is 1. The van der Waals surface area contributed by atoms with Gasteiger partial charge in [0.15, 0.2) is 5.17 Å². The number of halogens is 3. The topological polar surface area (TPSA) is 61.7 Å². The van der Waals surface area contributed by atoms with Crippen molar-refractivity contribution in [3.8, 4) is 5.75 Å². The molecule has 0 radical (unpaired) electrons. The number of phenols is 1. The van der Waals surface area contributed by atoms with Gasteiger partial charge in [-0.15, -0.1) is 0 Å². The number of thioether (sulfide) groups is 1. The summed E-state index contributed by atoms with van der Waals surface area (Å²) < 4.78 is 1.32. The summed E-state index contributed by atoms with van der Waals surface area (Å²) in [6.07, 6.45) is 1.61. The highest BCUT2D eigenvalue weighted by molar-refractivity contribution is 9.11. The predicted molar refractivity (Wildman–Crippen MR) is 106 cm³/mol. The van der Waals surface area contributed by atoms with E-state index >= 15 is 0 Å². The fourth-order valence-corrected chi connectivity index (χ4v) is 4.23. The quantitative estimate of drug-likeness (QED) is 0.552. The average molecular weight is 489 g/mol. The normalized spacial score (nSPS) is 17.5. The van der Waals surface area contributed by atoms with Crippen LogP contribution in [-0.2, 0) is 4.79 Å². The second-order valence-electron chi connectivity index (χ2n) is 4.76. The zero-order valence-corrected chi connectivity index (χ0v) is 16.6. The molecule has 4 nitrogen and oxygen atoms in total. The van der Waals surface area contributed by atoms with Gasteiger partial charge in [-0.1, -0.05) is 39.7 Å². The molecule has 2 aromatic rings. The van der Waals surface area contributed by atoms with Gasteiger partial charge in [-0.2, -0.15) is 0 Å². The van der Waals surface area contributed by atoms with Crippen LogP contribution in [-0.4, -0.2) is 16.2 Å². The minimum absolute atomic E-state index is 0.0654. The lowest BCUT2D eigenvalue weighted by Crippen LogP contribution is -2.19. The molecule has 2 N–H and O–H groups in total. The molecule has 24 heavy (non-hydrogen) atoms. The van der Waals surface area contributed by atoms with Gasteiger partial charge in [0.05, 0.1) is 20.1 Å². The Morgan fingerprint density at radius 3 is 2.75 bits per heavy atom. The molecule has 0 spiro atoms. The SMILES string of the molecule is O=C1NC(=Nc2ccccc2Cl)S/C1=C\c1cc(Br)cc(Br)c1O. The Balaban J connectivity index is 1.92. The van der Waals surface area contributed by atoms with Crippen molar-refractivity contribution >= 4 is 78.1 Å². The summed E-state index contributed by atoms with van der Waals surface area (Å²) in [6.45, 7) is 0. The van der Waals surface area contributed by atoms with E-state index in [1.54, 1.807) is 30.3 Å². The first kappa shape index (κ1) is 17.5. The second-order valence-corrected chi connectivity index (χ2v) is 7.97. The molecule has 0 aromatic heterocycles. The smallest absolute Gasteiger partial charge is 0.264 e. The van der Waals surface area contributed by atoms with Crippen LogP contribution in [0.25, 0.3) is 6.08 Å². The Labute approximate surface area is 164 Å². The van der Waals surface area contributed by atoms with Gasteiger partial charge in [0.1, 0.15) is 5.75 Å². The Morgan fingerprint density at radius 1 is 1.25 bits per heavy atom. The Hall–Kier alpha value is -1.28. The minimum atomic E-state index is -0.277. The molecule has 1 heterocycles. The molecule has 1 amide bonds. The maximum Gasteiger partial charge on any atom is 0.264 e. The molecule has 2 aromatic carbocycles. The monoisotopic (exact) mass is 486 g/mol. The molecule has 0 bridgehead atoms. The van der Waals surface area contributed by atoms with Gasteiger partial charge in [0.2, 0.25) is 0 Å². The molecule has 1 fully saturated rings. The Morgan fingerprint density at radius 2 is 2.00 bits per heavy atom. The van der Waals surface area contributed by atoms with Crippen LogP contribution in [0.2, 0.25) is 5.02 Å². The van der Waals surface area contributed by atoms with Gasteiger partial charge in [-0.3, -0.25) is 4.79 Å². The van der Waals surface area contributed by atoms with Crippen LogP contribution in [0, 0.1) is 0 Å². The van der Waals surface area contributed by atoms with Crippen molar-refractivity contribution in [2.75, 3.05) is 0 Å². The van der Waals surface area contributed by atoms with E-state index in [1.165, 1.54) is 11.8 Å². The number of amides is 1. The standard InChI is InChI=1S/C16H9Br2ClN2O2S/c17-9-5-8(14(22)10(18)7-9)6-13-15(23)21-16(24-13)20-12-4-2-1-3-11(12)19/h1-7,22H,(H,20,21,23)/b13-6-. The van der Waals surface area contributed by atoms with Crippen molar-refractivity contribution in [2.24, 2.45) is 4.99 Å². The molecule has 1 saturated heterocycles. The lowest BCUT2D eigenvalue weighted by atomic mass is 10.2. The van der Waals surface area contributed by atoms with E-state index in [0.29, 0.717) is 30.8 Å². The summed E-state index contributed by atoms with van der Waals surface area (Å²) in [6, 6.07) is 10.6. The van der Waals surface area contributed by atoms with E-state index in [1.807, 2.05) is 12.1 Å². The van der Waals surface area contributed by atoms with Gasteiger partial charge in [-0.05, 0) is 58.0 Å². The zero-order valence-electron chi connectivity index (χ0n) is 11.9. The zero-order chi connectivity index (χ0) is 17.3. The van der Waals surface area contributed by atoms with Gasteiger partial charge >= 0.3 is 0 Å². The largest absolute Gasteiger partial charge is 0.506 e. The van der Waals surface area contributed by atoms with Crippen molar-refractivity contribution in [3.63, 3.8) is 0 Å². The molecule has 0 aliphatic carbocycles. The number of amidine groups is 1. The van der Waals surface area contributed by atoms with Gasteiger partial charge in [0.25, 0.3) is 5.91 Å². The van der Waals surface area contributed by atoms with Gasteiger partial charge in [-0.25, -0.2) is 4.99 Å². The summed E-state index contributed by atoms with van der Waals surface area (Å²) >= 11 is 13.9. The summed E-state index contributed by atoms with van der Waals surface area (Å²) in [4.78, 5) is 16.9. The first-order chi connectivity index (χ1) is 11.4. The summed E-state index contributed by atoms with van der Waals surface area (Å²) in [7, 11) is 0. The van der Waals surface area contributed by atoms with Crippen molar-refractivity contribution < 1.29 is 9.90 Å². The van der Waals surface area contributed by atoms with Crippen molar-refractivity contribution in [1.29, 1.82) is 0 Å². The van der Waals surface area contributed by atoms with Crippen LogP contribution in [0.3, 0.4) is 0 Å². The fraction of sp³-hybridized carbons (Fsp3) is 0. The highest BCUT2D eigenvalue weighted by atomic mass is 79.9. The molecule has 1 aliphatic heterocycles. The van der Waals surface area contributed by atoms with E-state index in [4.69, 9.17) is 11.6 Å². The summed E-state index contributed by atoms with van der Waals surface area (Å²) in [5, 5.41) is 13.7. The lowest BCUT2D eigenvalue weighted by Gasteiger charge is -2.03. The van der Waals surface area contributed by atoms with Gasteiger partial charge < -0.3 is 10.4 Å². The summed E-state index contributed by atoms with van der Waals surface area (Å²) in [5.41, 5.74) is 1.10. The number of para-hydroxylation sites is 1. The summed E-state index contributed by atoms with van der Waals surface area (Å²) in [5.74, 6) is -0.211. The Kier molecular flexibility index (Phi) is 5.34. The third-order valence-corrected chi connectivity index (χ3v) is 5.36. The maximum atomic E-state index is 12.1. The molecule has 0 unspecified atom stereocenters. The van der Waals surface area contributed by atoms with Crippen molar-refractivity contribution in [3.05, 3.63) is 60.8 Å². The highest BCUT2D eigenvalue weighted by Crippen LogP contribution is 2.36. The first-order valence-corrected chi connectivity index (χ1v) is 9.44. The number of hydrogen-bond donors (Lipinski definition) is 2. The van der Waals surface area contributed by atoms with E-state index < -0.39 is 0 Å². The van der Waals surface area contributed by atoms with E-state index in [-0.39, 0.29) is 11.7 Å². The number of nitrogens with zero attached hydrogens (tertiary/aromatic N) is 1. The molecular weight excluding hydrogens is 480 g/mol. The maximum absolute atomic E-state index is 12.1.